The minimum atomic E-state index is -0.429. The van der Waals surface area contributed by atoms with E-state index in [2.05, 4.69) is 5.10 Å². The zero-order valence-corrected chi connectivity index (χ0v) is 17.3. The summed E-state index contributed by atoms with van der Waals surface area (Å²) in [5.41, 5.74) is 0.898. The first kappa shape index (κ1) is 18.8. The fourth-order valence-electron chi connectivity index (χ4n) is 3.38. The van der Waals surface area contributed by atoms with E-state index in [0.29, 0.717) is 17.8 Å². The first-order chi connectivity index (χ1) is 14.7. The smallest absolute Gasteiger partial charge is 0.336 e. The first-order valence-electron chi connectivity index (χ1n) is 9.31. The number of hydrogen-bond donors (Lipinski definition) is 0. The van der Waals surface area contributed by atoms with Gasteiger partial charge in [-0.2, -0.15) is 5.10 Å². The molecule has 150 valence electrons. The maximum absolute atomic E-state index is 13.0. The number of carbonyl (C=O) groups is 1. The zero-order chi connectivity index (χ0) is 20.5. The van der Waals surface area contributed by atoms with Crippen LogP contribution in [0.1, 0.15) is 22.2 Å². The van der Waals surface area contributed by atoms with Crippen LogP contribution in [0.15, 0.2) is 79.7 Å². The Morgan fingerprint density at radius 1 is 1.13 bits per heavy atom. The van der Waals surface area contributed by atoms with Crippen LogP contribution in [0.2, 0.25) is 0 Å². The maximum atomic E-state index is 13.0. The lowest BCUT2D eigenvalue weighted by atomic mass is 10.1. The zero-order valence-electron chi connectivity index (χ0n) is 15.7. The number of fused-ring (bicyclic) bond motifs is 1. The molecule has 1 atom stereocenters. The predicted octanol–water partition coefficient (Wildman–Crippen LogP) is 4.67. The maximum Gasteiger partial charge on any atom is 0.336 e. The molecule has 1 amide bonds. The monoisotopic (exact) mass is 436 g/mol. The minimum absolute atomic E-state index is 0.132. The van der Waals surface area contributed by atoms with Gasteiger partial charge in [0.2, 0.25) is 0 Å². The first-order valence-corrected chi connectivity index (χ1v) is 11.1. The van der Waals surface area contributed by atoms with Gasteiger partial charge < -0.3 is 9.15 Å². The van der Waals surface area contributed by atoms with Gasteiger partial charge in [-0.25, -0.2) is 9.80 Å². The summed E-state index contributed by atoms with van der Waals surface area (Å²) in [5.74, 6) is 0.231. The Balaban J connectivity index is 1.36. The van der Waals surface area contributed by atoms with E-state index in [1.807, 2.05) is 35.0 Å². The Hall–Kier alpha value is -3.23. The van der Waals surface area contributed by atoms with Crippen molar-refractivity contribution in [3.63, 3.8) is 0 Å². The van der Waals surface area contributed by atoms with Crippen molar-refractivity contribution in [1.82, 2.24) is 5.01 Å². The number of carbonyl (C=O) groups excluding carboxylic acids is 1. The van der Waals surface area contributed by atoms with Crippen LogP contribution in [0.25, 0.3) is 11.0 Å². The van der Waals surface area contributed by atoms with Crippen LogP contribution < -0.4 is 10.4 Å². The van der Waals surface area contributed by atoms with Gasteiger partial charge in [0.1, 0.15) is 11.3 Å². The Morgan fingerprint density at radius 3 is 2.77 bits per heavy atom. The number of amides is 1. The van der Waals surface area contributed by atoms with Crippen molar-refractivity contribution in [2.24, 2.45) is 5.10 Å². The summed E-state index contributed by atoms with van der Waals surface area (Å²) in [5, 5.41) is 10.9. The van der Waals surface area contributed by atoms with E-state index < -0.39 is 5.63 Å². The van der Waals surface area contributed by atoms with Crippen LogP contribution >= 0.6 is 22.7 Å². The molecule has 4 aromatic rings. The third-order valence-corrected chi connectivity index (χ3v) is 6.69. The van der Waals surface area contributed by atoms with Crippen molar-refractivity contribution in [1.29, 1.82) is 0 Å². The molecule has 0 bridgehead atoms. The molecule has 0 aliphatic carbocycles. The van der Waals surface area contributed by atoms with Crippen molar-refractivity contribution >= 4 is 45.3 Å². The molecule has 0 N–H and O–H groups in total. The summed E-state index contributed by atoms with van der Waals surface area (Å²) in [4.78, 5) is 26.6. The highest BCUT2D eigenvalue weighted by molar-refractivity contribution is 7.12. The largest absolute Gasteiger partial charge is 0.484 e. The number of hydrazone groups is 1. The Bertz CT molecular complexity index is 1280. The Kier molecular flexibility index (Phi) is 4.94. The standard InChI is InChI=1S/C22H16N2O4S2/c25-21(13-27-15-7-5-14-6-8-22(26)28-18(14)11-15)24-17(20-4-2-10-30-20)12-16(23-24)19-3-1-9-29-19/h1-11,17H,12-13H2. The summed E-state index contributed by atoms with van der Waals surface area (Å²) >= 11 is 3.22. The molecule has 1 unspecified atom stereocenters. The van der Waals surface area contributed by atoms with Gasteiger partial charge in [0.15, 0.2) is 6.61 Å². The number of hydrogen-bond acceptors (Lipinski definition) is 7. The molecule has 1 aliphatic rings. The van der Waals surface area contributed by atoms with Crippen LogP contribution in [-0.2, 0) is 4.79 Å². The number of ether oxygens (including phenoxy) is 1. The SMILES string of the molecule is O=C(COc1ccc2ccc(=O)oc2c1)N1N=C(c2cccs2)CC1c1cccs1. The molecule has 0 radical (unpaired) electrons. The fourth-order valence-corrected chi connectivity index (χ4v) is 4.91. The van der Waals surface area contributed by atoms with Gasteiger partial charge in [0.25, 0.3) is 5.91 Å². The molecular weight excluding hydrogens is 420 g/mol. The van der Waals surface area contributed by atoms with Crippen LogP contribution in [0.3, 0.4) is 0 Å². The van der Waals surface area contributed by atoms with Gasteiger partial charge in [-0.05, 0) is 41.1 Å². The molecule has 8 heteroatoms. The van der Waals surface area contributed by atoms with Crippen molar-refractivity contribution in [3.8, 4) is 5.75 Å². The van der Waals surface area contributed by atoms with E-state index in [0.717, 1.165) is 20.9 Å². The molecule has 4 heterocycles. The summed E-state index contributed by atoms with van der Waals surface area (Å²) in [7, 11) is 0. The molecule has 0 spiro atoms. The quantitative estimate of drug-likeness (QED) is 0.426. The van der Waals surface area contributed by atoms with E-state index in [4.69, 9.17) is 9.15 Å². The molecule has 0 fully saturated rings. The summed E-state index contributed by atoms with van der Waals surface area (Å²) in [6.07, 6.45) is 0.675. The third kappa shape index (κ3) is 3.67. The normalized spacial score (nSPS) is 16.1. The highest BCUT2D eigenvalue weighted by Crippen LogP contribution is 2.36. The van der Waals surface area contributed by atoms with E-state index in [9.17, 15) is 9.59 Å². The second kappa shape index (κ2) is 7.89. The highest BCUT2D eigenvalue weighted by atomic mass is 32.1. The van der Waals surface area contributed by atoms with Gasteiger partial charge in [0.05, 0.1) is 16.6 Å². The van der Waals surface area contributed by atoms with Crippen LogP contribution in [0.4, 0.5) is 0 Å². The van der Waals surface area contributed by atoms with E-state index >= 15 is 0 Å². The van der Waals surface area contributed by atoms with Gasteiger partial charge in [-0.3, -0.25) is 4.79 Å². The van der Waals surface area contributed by atoms with Gasteiger partial charge in [0, 0.05) is 28.8 Å². The topological polar surface area (TPSA) is 72.1 Å². The average molecular weight is 437 g/mol. The molecular formula is C22H16N2O4S2. The number of thiophene rings is 2. The Morgan fingerprint density at radius 2 is 1.97 bits per heavy atom. The third-order valence-electron chi connectivity index (χ3n) is 4.80. The molecule has 1 aliphatic heterocycles. The molecule has 1 aromatic carbocycles. The Labute approximate surface area is 179 Å². The lowest BCUT2D eigenvalue weighted by molar-refractivity contribution is -0.135. The second-order valence-corrected chi connectivity index (χ2v) is 8.67. The van der Waals surface area contributed by atoms with E-state index in [1.165, 1.54) is 11.1 Å². The van der Waals surface area contributed by atoms with Gasteiger partial charge >= 0.3 is 5.63 Å². The van der Waals surface area contributed by atoms with Crippen molar-refractivity contribution in [2.45, 2.75) is 12.5 Å². The summed E-state index contributed by atoms with van der Waals surface area (Å²) in [6, 6.07) is 16.1. The van der Waals surface area contributed by atoms with Crippen molar-refractivity contribution < 1.29 is 13.9 Å². The number of rotatable bonds is 5. The van der Waals surface area contributed by atoms with Gasteiger partial charge in [-0.1, -0.05) is 12.1 Å². The van der Waals surface area contributed by atoms with Crippen LogP contribution in [0.5, 0.6) is 5.75 Å². The second-order valence-electron chi connectivity index (χ2n) is 6.74. The van der Waals surface area contributed by atoms with Crippen molar-refractivity contribution in [2.75, 3.05) is 6.61 Å². The van der Waals surface area contributed by atoms with Crippen molar-refractivity contribution in [3.05, 3.63) is 85.5 Å². The molecule has 5 rings (SSSR count). The van der Waals surface area contributed by atoms with Gasteiger partial charge in [-0.15, -0.1) is 22.7 Å². The van der Waals surface area contributed by atoms with E-state index in [-0.39, 0.29) is 18.6 Å². The highest BCUT2D eigenvalue weighted by Gasteiger charge is 2.34. The average Bonchev–Trinajstić information content (AvgIpc) is 3.52. The molecule has 0 saturated heterocycles. The molecule has 6 nitrogen and oxygen atoms in total. The van der Waals surface area contributed by atoms with Crippen LogP contribution in [-0.4, -0.2) is 23.2 Å². The number of nitrogens with zero attached hydrogens (tertiary/aromatic N) is 2. The fraction of sp³-hybridized carbons (Fsp3) is 0.136. The summed E-state index contributed by atoms with van der Waals surface area (Å²) in [6.45, 7) is -0.161. The molecule has 3 aromatic heterocycles. The van der Waals surface area contributed by atoms with Crippen LogP contribution in [0, 0.1) is 0 Å². The minimum Gasteiger partial charge on any atom is -0.484 e. The lowest BCUT2D eigenvalue weighted by Gasteiger charge is -2.20. The lowest BCUT2D eigenvalue weighted by Crippen LogP contribution is -2.31. The molecule has 30 heavy (non-hydrogen) atoms. The number of benzene rings is 1. The predicted molar refractivity (Wildman–Crippen MR) is 117 cm³/mol. The van der Waals surface area contributed by atoms with E-state index in [1.54, 1.807) is 46.9 Å². The molecule has 0 saturated carbocycles. The summed E-state index contributed by atoms with van der Waals surface area (Å²) < 4.78 is 10.9.